The topological polar surface area (TPSA) is 84.7 Å². The molecule has 1 atom stereocenters. The molecule has 1 aliphatic rings. The Bertz CT molecular complexity index is 702. The Morgan fingerprint density at radius 3 is 2.78 bits per heavy atom. The van der Waals surface area contributed by atoms with Crippen LogP contribution in [-0.4, -0.2) is 39.2 Å². The molecule has 1 aromatic carbocycles. The number of benzene rings is 1. The summed E-state index contributed by atoms with van der Waals surface area (Å²) in [6, 6.07) is 4.35. The average Bonchev–Trinajstić information content (AvgIpc) is 2.85. The van der Waals surface area contributed by atoms with Crippen LogP contribution in [0.5, 0.6) is 0 Å². The Hall–Kier alpha value is -2.06. The number of anilines is 1. The molecule has 0 radical (unpaired) electrons. The lowest BCUT2D eigenvalue weighted by Gasteiger charge is -2.31. The first-order valence-electron chi connectivity index (χ1n) is 7.12. The number of aromatic nitrogens is 4. The molecule has 1 unspecified atom stereocenters. The Balaban J connectivity index is 0.00000192. The highest BCUT2D eigenvalue weighted by Crippen LogP contribution is 2.21. The second-order valence-corrected chi connectivity index (χ2v) is 5.50. The van der Waals surface area contributed by atoms with Gasteiger partial charge in [0.15, 0.2) is 5.82 Å². The summed E-state index contributed by atoms with van der Waals surface area (Å²) in [6.07, 6.45) is 0. The lowest BCUT2D eigenvalue weighted by atomic mass is 9.88. The Morgan fingerprint density at radius 2 is 2.22 bits per heavy atom. The van der Waals surface area contributed by atoms with Crippen molar-refractivity contribution in [3.05, 3.63) is 29.8 Å². The molecule has 1 saturated heterocycles. The number of carbonyl (C=O) groups excluding carboxylic acids is 1. The van der Waals surface area contributed by atoms with Crippen molar-refractivity contribution in [1.29, 1.82) is 0 Å². The van der Waals surface area contributed by atoms with Crippen LogP contribution in [0.4, 0.5) is 10.1 Å². The van der Waals surface area contributed by atoms with E-state index in [0.717, 1.165) is 13.1 Å². The Morgan fingerprint density at radius 1 is 1.48 bits per heavy atom. The third-order valence-electron chi connectivity index (χ3n) is 4.00. The summed E-state index contributed by atoms with van der Waals surface area (Å²) in [7, 11) is 0. The minimum atomic E-state index is -0.454. The number of hydrogen-bond donors (Lipinski definition) is 2. The fraction of sp³-hybridized carbons (Fsp3) is 0.429. The lowest BCUT2D eigenvalue weighted by Crippen LogP contribution is -2.48. The molecule has 3 rings (SSSR count). The van der Waals surface area contributed by atoms with Crippen LogP contribution >= 0.6 is 12.4 Å². The predicted octanol–water partition coefficient (Wildman–Crippen LogP) is 1.33. The normalized spacial score (nSPS) is 15.4. The molecule has 1 aliphatic heterocycles. The van der Waals surface area contributed by atoms with Gasteiger partial charge in [0.05, 0.1) is 0 Å². The molecule has 7 nitrogen and oxygen atoms in total. The van der Waals surface area contributed by atoms with E-state index in [-0.39, 0.29) is 29.9 Å². The molecule has 9 heteroatoms. The minimum absolute atomic E-state index is 0. The highest BCUT2D eigenvalue weighted by molar-refractivity contribution is 5.92. The van der Waals surface area contributed by atoms with Gasteiger partial charge in [-0.2, -0.15) is 4.68 Å². The predicted molar refractivity (Wildman–Crippen MR) is 85.3 cm³/mol. The molecule has 0 aliphatic carbocycles. The number of tetrazole rings is 1. The van der Waals surface area contributed by atoms with Gasteiger partial charge in [-0.1, -0.05) is 6.92 Å². The molecule has 0 bridgehead atoms. The summed E-state index contributed by atoms with van der Waals surface area (Å²) in [5.41, 5.74) is 0.730. The number of aryl methyl sites for hydroxylation is 1. The Kier molecular flexibility index (Phi) is 5.27. The van der Waals surface area contributed by atoms with Gasteiger partial charge in [-0.05, 0) is 54.6 Å². The van der Waals surface area contributed by atoms with Gasteiger partial charge < -0.3 is 10.6 Å². The van der Waals surface area contributed by atoms with Gasteiger partial charge >= 0.3 is 0 Å². The maximum Gasteiger partial charge on any atom is 0.227 e. The summed E-state index contributed by atoms with van der Waals surface area (Å²) in [6.45, 7) is 5.28. The van der Waals surface area contributed by atoms with E-state index in [2.05, 4.69) is 26.2 Å². The zero-order chi connectivity index (χ0) is 15.7. The van der Waals surface area contributed by atoms with E-state index < -0.39 is 5.82 Å². The molecular weight excluding hydrogens is 323 g/mol. The largest absolute Gasteiger partial charge is 0.326 e. The monoisotopic (exact) mass is 340 g/mol. The van der Waals surface area contributed by atoms with Gasteiger partial charge in [-0.25, -0.2) is 4.39 Å². The van der Waals surface area contributed by atoms with Gasteiger partial charge in [0.2, 0.25) is 5.91 Å². The van der Waals surface area contributed by atoms with Crippen LogP contribution in [0.15, 0.2) is 18.2 Å². The molecule has 1 fully saturated rings. The number of carbonyl (C=O) groups is 1. The highest BCUT2D eigenvalue weighted by atomic mass is 35.5. The smallest absolute Gasteiger partial charge is 0.227 e. The molecule has 124 valence electrons. The van der Waals surface area contributed by atoms with Crippen LogP contribution in [0, 0.1) is 24.6 Å². The number of halogens is 2. The number of nitrogens with zero attached hydrogens (tertiary/aromatic N) is 4. The minimum Gasteiger partial charge on any atom is -0.326 e. The van der Waals surface area contributed by atoms with Crippen molar-refractivity contribution in [2.24, 2.45) is 11.8 Å². The molecule has 0 saturated carbocycles. The molecule has 1 amide bonds. The standard InChI is InChI=1S/C14H17FN6O.ClH/c1-8(10-6-16-7-10)14(22)17-11-3-4-12(15)13(5-11)21-9(2)18-19-20-21;/h3-5,8,10,16H,6-7H2,1-2H3,(H,17,22);1H. The molecule has 2 aromatic rings. The Labute approximate surface area is 139 Å². The van der Waals surface area contributed by atoms with E-state index in [1.807, 2.05) is 6.92 Å². The average molecular weight is 341 g/mol. The summed E-state index contributed by atoms with van der Waals surface area (Å²) >= 11 is 0. The van der Waals surface area contributed by atoms with E-state index in [1.165, 1.54) is 22.9 Å². The number of amides is 1. The van der Waals surface area contributed by atoms with Gasteiger partial charge in [0, 0.05) is 11.6 Å². The number of nitrogens with one attached hydrogen (secondary N) is 2. The van der Waals surface area contributed by atoms with E-state index in [9.17, 15) is 9.18 Å². The number of rotatable bonds is 4. The zero-order valence-electron chi connectivity index (χ0n) is 12.8. The molecule has 23 heavy (non-hydrogen) atoms. The molecule has 0 spiro atoms. The van der Waals surface area contributed by atoms with E-state index in [0.29, 0.717) is 17.4 Å². The van der Waals surface area contributed by atoms with Gasteiger partial charge in [-0.3, -0.25) is 4.79 Å². The van der Waals surface area contributed by atoms with Crippen LogP contribution in [0.3, 0.4) is 0 Å². The summed E-state index contributed by atoms with van der Waals surface area (Å²) in [4.78, 5) is 12.2. The molecule has 2 N–H and O–H groups in total. The quantitative estimate of drug-likeness (QED) is 0.877. The first kappa shape index (κ1) is 17.3. The fourth-order valence-electron chi connectivity index (χ4n) is 2.34. The van der Waals surface area contributed by atoms with Crippen LogP contribution in [0.25, 0.3) is 5.69 Å². The molecular formula is C14H18ClFN6O. The summed E-state index contributed by atoms with van der Waals surface area (Å²) in [5, 5.41) is 17.0. The fourth-order valence-corrected chi connectivity index (χ4v) is 2.34. The first-order valence-corrected chi connectivity index (χ1v) is 7.12. The second kappa shape index (κ2) is 7.01. The highest BCUT2D eigenvalue weighted by Gasteiger charge is 2.28. The van der Waals surface area contributed by atoms with Gasteiger partial charge in [-0.15, -0.1) is 17.5 Å². The maximum absolute atomic E-state index is 14.0. The van der Waals surface area contributed by atoms with Crippen molar-refractivity contribution in [2.75, 3.05) is 18.4 Å². The van der Waals surface area contributed by atoms with Crippen molar-refractivity contribution in [3.63, 3.8) is 0 Å². The van der Waals surface area contributed by atoms with Crippen molar-refractivity contribution in [2.45, 2.75) is 13.8 Å². The van der Waals surface area contributed by atoms with E-state index in [1.54, 1.807) is 6.92 Å². The maximum atomic E-state index is 14.0. The van der Waals surface area contributed by atoms with Crippen molar-refractivity contribution >= 4 is 24.0 Å². The van der Waals surface area contributed by atoms with Crippen molar-refractivity contribution in [1.82, 2.24) is 25.5 Å². The molecule has 1 aromatic heterocycles. The molecule has 2 heterocycles. The van der Waals surface area contributed by atoms with Gasteiger partial charge in [0.1, 0.15) is 11.5 Å². The summed E-state index contributed by atoms with van der Waals surface area (Å²) in [5.74, 6) is 0.199. The second-order valence-electron chi connectivity index (χ2n) is 5.50. The zero-order valence-corrected chi connectivity index (χ0v) is 13.6. The first-order chi connectivity index (χ1) is 10.6. The van der Waals surface area contributed by atoms with Crippen LogP contribution in [0.2, 0.25) is 0 Å². The van der Waals surface area contributed by atoms with E-state index >= 15 is 0 Å². The number of hydrogen-bond acceptors (Lipinski definition) is 5. The van der Waals surface area contributed by atoms with Crippen LogP contribution < -0.4 is 10.6 Å². The van der Waals surface area contributed by atoms with Crippen LogP contribution in [-0.2, 0) is 4.79 Å². The van der Waals surface area contributed by atoms with Crippen LogP contribution in [0.1, 0.15) is 12.7 Å². The SMILES string of the molecule is Cc1nnnn1-c1cc(NC(=O)C(C)C2CNC2)ccc1F.Cl. The third kappa shape index (κ3) is 3.48. The summed E-state index contributed by atoms with van der Waals surface area (Å²) < 4.78 is 15.3. The third-order valence-corrected chi connectivity index (χ3v) is 4.00. The van der Waals surface area contributed by atoms with E-state index in [4.69, 9.17) is 0 Å². The van der Waals surface area contributed by atoms with Gasteiger partial charge in [0.25, 0.3) is 0 Å². The van der Waals surface area contributed by atoms with Crippen molar-refractivity contribution < 1.29 is 9.18 Å². The van der Waals surface area contributed by atoms with Crippen molar-refractivity contribution in [3.8, 4) is 5.69 Å². The lowest BCUT2D eigenvalue weighted by molar-refractivity contribution is -0.121.